The first-order chi connectivity index (χ1) is 10.2. The van der Waals surface area contributed by atoms with Gasteiger partial charge in [-0.2, -0.15) is 5.11 Å². The molecule has 122 valence electrons. The molecular weight excluding hydrogens is 260 g/mol. The molecule has 4 heteroatoms. The quantitative estimate of drug-likeness (QED) is 0.522. The molecule has 1 aliphatic rings. The van der Waals surface area contributed by atoms with Crippen molar-refractivity contribution < 1.29 is 0 Å². The highest BCUT2D eigenvalue weighted by atomic mass is 15.5. The Balaban J connectivity index is 2.81. The monoisotopic (exact) mass is 294 g/mol. The third kappa shape index (κ3) is 5.01. The van der Waals surface area contributed by atoms with Crippen molar-refractivity contribution in [3.8, 4) is 0 Å². The maximum absolute atomic E-state index is 4.57. The van der Waals surface area contributed by atoms with Crippen LogP contribution in [-0.2, 0) is 0 Å². The van der Waals surface area contributed by atoms with Gasteiger partial charge in [0.25, 0.3) is 0 Å². The number of nitrogens with zero attached hydrogens (tertiary/aromatic N) is 2. The molecule has 1 heterocycles. The molecule has 4 nitrogen and oxygen atoms in total. The van der Waals surface area contributed by atoms with Crippen LogP contribution in [0.4, 0.5) is 0 Å². The van der Waals surface area contributed by atoms with Crippen molar-refractivity contribution in [1.29, 1.82) is 0 Å². The standard InChI is InChI=1S/C17H34N4/c1-5-9-11-12-13-15-16(18-14-10-6-2)19-21-20-17(15,7-3)8-4/h18H,5-14H2,1-4H3,(H,19,20). The van der Waals surface area contributed by atoms with Crippen LogP contribution in [0, 0.1) is 0 Å². The summed E-state index contributed by atoms with van der Waals surface area (Å²) in [7, 11) is 0. The van der Waals surface area contributed by atoms with Gasteiger partial charge in [0.15, 0.2) is 0 Å². The van der Waals surface area contributed by atoms with Crippen molar-refractivity contribution in [2.75, 3.05) is 6.54 Å². The van der Waals surface area contributed by atoms with Gasteiger partial charge < -0.3 is 5.32 Å². The fraction of sp³-hybridized carbons (Fsp3) is 0.882. The van der Waals surface area contributed by atoms with Crippen molar-refractivity contribution >= 4 is 0 Å². The van der Waals surface area contributed by atoms with Crippen molar-refractivity contribution in [2.24, 2.45) is 10.3 Å². The fourth-order valence-corrected chi connectivity index (χ4v) is 2.97. The van der Waals surface area contributed by atoms with E-state index in [1.165, 1.54) is 44.1 Å². The summed E-state index contributed by atoms with van der Waals surface area (Å²) in [5.74, 6) is 1.12. The van der Waals surface area contributed by atoms with E-state index in [-0.39, 0.29) is 5.54 Å². The summed E-state index contributed by atoms with van der Waals surface area (Å²) < 4.78 is 0. The Morgan fingerprint density at radius 2 is 1.67 bits per heavy atom. The van der Waals surface area contributed by atoms with Crippen LogP contribution in [0.2, 0.25) is 0 Å². The van der Waals surface area contributed by atoms with Gasteiger partial charge >= 0.3 is 0 Å². The van der Waals surface area contributed by atoms with E-state index in [1.54, 1.807) is 0 Å². The second-order valence-corrected chi connectivity index (χ2v) is 6.00. The van der Waals surface area contributed by atoms with Crippen LogP contribution in [0.25, 0.3) is 0 Å². The minimum absolute atomic E-state index is 0.0913. The molecule has 0 aliphatic carbocycles. The maximum Gasteiger partial charge on any atom is 0.123 e. The molecule has 0 radical (unpaired) electrons. The van der Waals surface area contributed by atoms with Crippen molar-refractivity contribution in [3.63, 3.8) is 0 Å². The van der Waals surface area contributed by atoms with Gasteiger partial charge in [0.1, 0.15) is 11.4 Å². The van der Waals surface area contributed by atoms with Gasteiger partial charge in [-0.25, -0.2) is 5.43 Å². The number of rotatable bonds is 11. The molecule has 0 saturated carbocycles. The van der Waals surface area contributed by atoms with E-state index in [4.69, 9.17) is 0 Å². The number of nitrogens with one attached hydrogen (secondary N) is 2. The Hall–Kier alpha value is -1.06. The smallest absolute Gasteiger partial charge is 0.123 e. The molecule has 21 heavy (non-hydrogen) atoms. The molecule has 1 rings (SSSR count). The molecule has 2 N–H and O–H groups in total. The highest BCUT2D eigenvalue weighted by Crippen LogP contribution is 2.36. The summed E-state index contributed by atoms with van der Waals surface area (Å²) in [4.78, 5) is 0. The minimum atomic E-state index is -0.0913. The Morgan fingerprint density at radius 3 is 2.29 bits per heavy atom. The molecule has 0 aromatic rings. The van der Waals surface area contributed by atoms with Gasteiger partial charge in [0.05, 0.1) is 0 Å². The second kappa shape index (κ2) is 9.80. The number of hydrogen-bond donors (Lipinski definition) is 2. The van der Waals surface area contributed by atoms with E-state index in [1.807, 2.05) is 0 Å². The third-order valence-corrected chi connectivity index (χ3v) is 4.55. The first kappa shape index (κ1) is 18.0. The minimum Gasteiger partial charge on any atom is -0.370 e. The molecule has 0 amide bonds. The maximum atomic E-state index is 4.57. The zero-order valence-corrected chi connectivity index (χ0v) is 14.5. The Kier molecular flexibility index (Phi) is 8.40. The lowest BCUT2D eigenvalue weighted by molar-refractivity contribution is 0.379. The van der Waals surface area contributed by atoms with Crippen LogP contribution in [0.3, 0.4) is 0 Å². The van der Waals surface area contributed by atoms with Crippen molar-refractivity contribution in [2.45, 2.75) is 91.0 Å². The average Bonchev–Trinajstić information content (AvgIpc) is 2.52. The van der Waals surface area contributed by atoms with E-state index in [9.17, 15) is 0 Å². The summed E-state index contributed by atoms with van der Waals surface area (Å²) in [6, 6.07) is 0. The lowest BCUT2D eigenvalue weighted by atomic mass is 9.81. The van der Waals surface area contributed by atoms with Crippen LogP contribution in [0.5, 0.6) is 0 Å². The summed E-state index contributed by atoms with van der Waals surface area (Å²) in [6.07, 6.45) is 10.7. The second-order valence-electron chi connectivity index (χ2n) is 6.00. The van der Waals surface area contributed by atoms with Crippen LogP contribution < -0.4 is 10.7 Å². The van der Waals surface area contributed by atoms with Crippen LogP contribution in [-0.4, -0.2) is 12.1 Å². The molecule has 0 aromatic heterocycles. The van der Waals surface area contributed by atoms with E-state index in [0.29, 0.717) is 0 Å². The van der Waals surface area contributed by atoms with Gasteiger partial charge in [-0.05, 0) is 32.1 Å². The normalized spacial score (nSPS) is 17.0. The molecule has 0 fully saturated rings. The topological polar surface area (TPSA) is 48.8 Å². The highest BCUT2D eigenvalue weighted by molar-refractivity contribution is 5.26. The lowest BCUT2D eigenvalue weighted by Crippen LogP contribution is -2.39. The molecular formula is C17H34N4. The highest BCUT2D eigenvalue weighted by Gasteiger charge is 2.35. The molecule has 0 unspecified atom stereocenters. The lowest BCUT2D eigenvalue weighted by Gasteiger charge is -2.34. The Labute approximate surface area is 130 Å². The van der Waals surface area contributed by atoms with E-state index < -0.39 is 0 Å². The van der Waals surface area contributed by atoms with Crippen LogP contribution in [0.15, 0.2) is 21.7 Å². The van der Waals surface area contributed by atoms with E-state index in [0.717, 1.165) is 31.6 Å². The average molecular weight is 294 g/mol. The zero-order valence-electron chi connectivity index (χ0n) is 14.5. The largest absolute Gasteiger partial charge is 0.370 e. The zero-order chi connectivity index (χ0) is 15.6. The third-order valence-electron chi connectivity index (χ3n) is 4.55. The van der Waals surface area contributed by atoms with E-state index >= 15 is 0 Å². The predicted molar refractivity (Wildman–Crippen MR) is 90.0 cm³/mol. The summed E-state index contributed by atoms with van der Waals surface area (Å²) in [6.45, 7) is 9.94. The van der Waals surface area contributed by atoms with Gasteiger partial charge in [-0.3, -0.25) is 0 Å². The van der Waals surface area contributed by atoms with Crippen LogP contribution >= 0.6 is 0 Å². The summed E-state index contributed by atoms with van der Waals surface area (Å²) in [5.41, 5.74) is 4.47. The number of hydrogen-bond acceptors (Lipinski definition) is 4. The van der Waals surface area contributed by atoms with Crippen LogP contribution in [0.1, 0.15) is 85.5 Å². The molecule has 0 saturated heterocycles. The first-order valence-electron chi connectivity index (χ1n) is 8.89. The van der Waals surface area contributed by atoms with Gasteiger partial charge in [-0.1, -0.05) is 58.6 Å². The first-order valence-corrected chi connectivity index (χ1v) is 8.89. The van der Waals surface area contributed by atoms with Crippen molar-refractivity contribution in [1.82, 2.24) is 10.7 Å². The van der Waals surface area contributed by atoms with Crippen molar-refractivity contribution in [3.05, 3.63) is 11.4 Å². The van der Waals surface area contributed by atoms with Gasteiger partial charge in [0.2, 0.25) is 0 Å². The number of unbranched alkanes of at least 4 members (excludes halogenated alkanes) is 4. The molecule has 0 spiro atoms. The fourth-order valence-electron chi connectivity index (χ4n) is 2.97. The molecule has 0 aromatic carbocycles. The SMILES string of the molecule is CCCCCCC1=C(NCCCC)NN=NC1(CC)CC. The summed E-state index contributed by atoms with van der Waals surface area (Å²) >= 11 is 0. The summed E-state index contributed by atoms with van der Waals surface area (Å²) in [5, 5.41) is 12.3. The molecule has 0 atom stereocenters. The van der Waals surface area contributed by atoms with Gasteiger partial charge in [-0.15, -0.1) is 0 Å². The predicted octanol–water partition coefficient (Wildman–Crippen LogP) is 5.09. The molecule has 0 bridgehead atoms. The van der Waals surface area contributed by atoms with Gasteiger partial charge in [0, 0.05) is 12.1 Å². The Morgan fingerprint density at radius 1 is 0.952 bits per heavy atom. The van der Waals surface area contributed by atoms with E-state index in [2.05, 4.69) is 48.8 Å². The Bertz CT molecular complexity index is 343. The molecule has 1 aliphatic heterocycles.